The number of carbonyl (C=O) groups is 1. The minimum absolute atomic E-state index is 0.0170. The number of rotatable bonds is 6. The summed E-state index contributed by atoms with van der Waals surface area (Å²) in [4.78, 5) is 18.7. The fraction of sp³-hybridized carbons (Fsp3) is 0.600. The molecule has 2 aromatic heterocycles. The average Bonchev–Trinajstić information content (AvgIpc) is 3.20. The molecule has 130 valence electrons. The minimum atomic E-state index is -0.232. The van der Waals surface area contributed by atoms with Crippen molar-refractivity contribution in [3.05, 3.63) is 24.5 Å². The Labute approximate surface area is 140 Å². The molecule has 0 spiro atoms. The molecule has 0 aliphatic carbocycles. The Balaban J connectivity index is 1.60. The number of hydrogen-bond donors (Lipinski definition) is 1. The van der Waals surface area contributed by atoms with Crippen LogP contribution in [0.2, 0.25) is 0 Å². The fourth-order valence-electron chi connectivity index (χ4n) is 2.92. The van der Waals surface area contributed by atoms with E-state index in [4.69, 9.17) is 9.26 Å². The Hall–Kier alpha value is -2.26. The Morgan fingerprint density at radius 2 is 2.42 bits per heavy atom. The second-order valence-corrected chi connectivity index (χ2v) is 5.84. The van der Waals surface area contributed by atoms with E-state index in [0.29, 0.717) is 37.7 Å². The van der Waals surface area contributed by atoms with E-state index in [-0.39, 0.29) is 18.1 Å². The summed E-state index contributed by atoms with van der Waals surface area (Å²) in [6.45, 7) is 6.39. The number of carbonyl (C=O) groups excluding carboxylic acids is 1. The van der Waals surface area contributed by atoms with Crippen LogP contribution in [0.4, 0.5) is 5.82 Å². The standard InChI is InChI=1S/C15H22N6O3/c1-3-13(15(22)18-14-6-11(2)24-19-14)20-4-5-23-12(7-20)8-21-10-16-9-17-21/h6,9-10,12-13H,3-5,7-8H2,1-2H3,(H,18,19,22)/t12-,13-/m0/s1. The molecule has 3 heterocycles. The lowest BCUT2D eigenvalue weighted by atomic mass is 10.1. The van der Waals surface area contributed by atoms with Crippen LogP contribution >= 0.6 is 0 Å². The van der Waals surface area contributed by atoms with Crippen LogP contribution < -0.4 is 5.32 Å². The number of hydrogen-bond acceptors (Lipinski definition) is 7. The zero-order valence-electron chi connectivity index (χ0n) is 13.9. The van der Waals surface area contributed by atoms with E-state index in [0.717, 1.165) is 6.54 Å². The van der Waals surface area contributed by atoms with E-state index in [1.807, 2.05) is 6.92 Å². The SMILES string of the molecule is CC[C@@H](C(=O)Nc1cc(C)on1)N1CCO[C@H](Cn2cncn2)C1. The topological polar surface area (TPSA) is 98.3 Å². The summed E-state index contributed by atoms with van der Waals surface area (Å²) >= 11 is 0. The number of aryl methyl sites for hydroxylation is 1. The fourth-order valence-corrected chi connectivity index (χ4v) is 2.92. The molecule has 1 aliphatic rings. The Bertz CT molecular complexity index is 656. The molecule has 1 N–H and O–H groups in total. The molecule has 9 heteroatoms. The third kappa shape index (κ3) is 3.98. The van der Waals surface area contributed by atoms with Crippen molar-refractivity contribution in [2.75, 3.05) is 25.0 Å². The molecular formula is C15H22N6O3. The van der Waals surface area contributed by atoms with Crippen LogP contribution in [0.3, 0.4) is 0 Å². The summed E-state index contributed by atoms with van der Waals surface area (Å²) in [5.41, 5.74) is 0. The number of anilines is 1. The van der Waals surface area contributed by atoms with Gasteiger partial charge in [0.1, 0.15) is 18.4 Å². The highest BCUT2D eigenvalue weighted by molar-refractivity contribution is 5.94. The van der Waals surface area contributed by atoms with E-state index < -0.39 is 0 Å². The van der Waals surface area contributed by atoms with Crippen LogP contribution in [0.25, 0.3) is 0 Å². The Morgan fingerprint density at radius 1 is 1.54 bits per heavy atom. The number of amides is 1. The number of ether oxygens (including phenoxy) is 1. The first-order valence-electron chi connectivity index (χ1n) is 8.08. The lowest BCUT2D eigenvalue weighted by Crippen LogP contribution is -2.52. The molecular weight excluding hydrogens is 312 g/mol. The summed E-state index contributed by atoms with van der Waals surface area (Å²) < 4.78 is 12.5. The number of morpholine rings is 1. The third-order valence-electron chi connectivity index (χ3n) is 4.04. The second-order valence-electron chi connectivity index (χ2n) is 5.84. The molecule has 0 bridgehead atoms. The molecule has 0 saturated carbocycles. The predicted molar refractivity (Wildman–Crippen MR) is 85.3 cm³/mol. The monoisotopic (exact) mass is 334 g/mol. The molecule has 24 heavy (non-hydrogen) atoms. The Kier molecular flexibility index (Phi) is 5.21. The van der Waals surface area contributed by atoms with Gasteiger partial charge in [0.25, 0.3) is 0 Å². The molecule has 0 unspecified atom stereocenters. The highest BCUT2D eigenvalue weighted by Crippen LogP contribution is 2.15. The molecule has 2 aromatic rings. The normalized spacial score (nSPS) is 20.0. The van der Waals surface area contributed by atoms with Crippen molar-refractivity contribution in [2.45, 2.75) is 39.0 Å². The first-order valence-corrected chi connectivity index (χ1v) is 8.08. The van der Waals surface area contributed by atoms with Crippen LogP contribution in [0.15, 0.2) is 23.2 Å². The van der Waals surface area contributed by atoms with Gasteiger partial charge >= 0.3 is 0 Å². The van der Waals surface area contributed by atoms with Gasteiger partial charge in [0.05, 0.1) is 25.3 Å². The van der Waals surface area contributed by atoms with Crippen LogP contribution in [0, 0.1) is 6.92 Å². The smallest absolute Gasteiger partial charge is 0.242 e. The van der Waals surface area contributed by atoms with Crippen molar-refractivity contribution in [1.82, 2.24) is 24.8 Å². The van der Waals surface area contributed by atoms with E-state index in [9.17, 15) is 4.79 Å². The van der Waals surface area contributed by atoms with Crippen molar-refractivity contribution < 1.29 is 14.1 Å². The molecule has 9 nitrogen and oxygen atoms in total. The molecule has 1 fully saturated rings. The van der Waals surface area contributed by atoms with Gasteiger partial charge in [-0.3, -0.25) is 14.4 Å². The van der Waals surface area contributed by atoms with Gasteiger partial charge in [0.15, 0.2) is 5.82 Å². The lowest BCUT2D eigenvalue weighted by Gasteiger charge is -2.37. The molecule has 1 saturated heterocycles. The van der Waals surface area contributed by atoms with E-state index >= 15 is 0 Å². The van der Waals surface area contributed by atoms with Crippen molar-refractivity contribution in [3.63, 3.8) is 0 Å². The molecule has 0 radical (unpaired) electrons. The molecule has 2 atom stereocenters. The van der Waals surface area contributed by atoms with Gasteiger partial charge in [-0.25, -0.2) is 4.98 Å². The third-order valence-corrected chi connectivity index (χ3v) is 4.04. The van der Waals surface area contributed by atoms with E-state index in [1.165, 1.54) is 6.33 Å². The second kappa shape index (κ2) is 7.54. The number of nitrogens with zero attached hydrogens (tertiary/aromatic N) is 5. The highest BCUT2D eigenvalue weighted by Gasteiger charge is 2.30. The van der Waals surface area contributed by atoms with Gasteiger partial charge in [-0.2, -0.15) is 5.10 Å². The molecule has 1 aliphatic heterocycles. The number of aromatic nitrogens is 4. The van der Waals surface area contributed by atoms with Crippen LogP contribution in [0.1, 0.15) is 19.1 Å². The summed E-state index contributed by atoms with van der Waals surface area (Å²) in [6.07, 6.45) is 3.86. The largest absolute Gasteiger partial charge is 0.374 e. The zero-order chi connectivity index (χ0) is 16.9. The van der Waals surface area contributed by atoms with Crippen molar-refractivity contribution in [3.8, 4) is 0 Å². The van der Waals surface area contributed by atoms with Gasteiger partial charge in [0, 0.05) is 19.2 Å². The minimum Gasteiger partial charge on any atom is -0.374 e. The summed E-state index contributed by atoms with van der Waals surface area (Å²) in [5.74, 6) is 1.04. The maximum absolute atomic E-state index is 12.6. The van der Waals surface area contributed by atoms with Gasteiger partial charge in [-0.05, 0) is 13.3 Å². The van der Waals surface area contributed by atoms with Crippen molar-refractivity contribution >= 4 is 11.7 Å². The van der Waals surface area contributed by atoms with E-state index in [2.05, 4.69) is 25.5 Å². The maximum Gasteiger partial charge on any atom is 0.242 e. The van der Waals surface area contributed by atoms with Gasteiger partial charge in [-0.1, -0.05) is 12.1 Å². The summed E-state index contributed by atoms with van der Waals surface area (Å²) in [7, 11) is 0. The maximum atomic E-state index is 12.6. The van der Waals surface area contributed by atoms with Crippen LogP contribution in [0.5, 0.6) is 0 Å². The van der Waals surface area contributed by atoms with Gasteiger partial charge < -0.3 is 14.6 Å². The van der Waals surface area contributed by atoms with Crippen molar-refractivity contribution in [2.24, 2.45) is 0 Å². The number of nitrogens with one attached hydrogen (secondary N) is 1. The average molecular weight is 334 g/mol. The highest BCUT2D eigenvalue weighted by atomic mass is 16.5. The zero-order valence-corrected chi connectivity index (χ0v) is 13.9. The molecule has 3 rings (SSSR count). The quantitative estimate of drug-likeness (QED) is 0.830. The first-order chi connectivity index (χ1) is 11.7. The van der Waals surface area contributed by atoms with E-state index in [1.54, 1.807) is 24.0 Å². The first kappa shape index (κ1) is 16.6. The molecule has 1 amide bonds. The molecule has 0 aromatic carbocycles. The van der Waals surface area contributed by atoms with Gasteiger partial charge in [0.2, 0.25) is 5.91 Å². The summed E-state index contributed by atoms with van der Waals surface area (Å²) in [5, 5.41) is 10.7. The van der Waals surface area contributed by atoms with Crippen LogP contribution in [-0.2, 0) is 16.1 Å². The Morgan fingerprint density at radius 3 is 3.08 bits per heavy atom. The lowest BCUT2D eigenvalue weighted by molar-refractivity contribution is -0.125. The predicted octanol–water partition coefficient (Wildman–Crippen LogP) is 0.693. The van der Waals surface area contributed by atoms with Crippen molar-refractivity contribution in [1.29, 1.82) is 0 Å². The summed E-state index contributed by atoms with van der Waals surface area (Å²) in [6, 6.07) is 1.47. The van der Waals surface area contributed by atoms with Gasteiger partial charge in [-0.15, -0.1) is 0 Å². The van der Waals surface area contributed by atoms with Crippen LogP contribution in [-0.4, -0.2) is 62.6 Å².